The van der Waals surface area contributed by atoms with Gasteiger partial charge in [0, 0.05) is 94.8 Å². The number of unbranched alkanes of at least 4 members (excludes halogenated alkanes) is 2. The molecule has 442 valence electrons. The van der Waals surface area contributed by atoms with Gasteiger partial charge in [-0.25, -0.2) is 12.6 Å². The Bertz CT molecular complexity index is 3250. The molecule has 2 atom stereocenters. The van der Waals surface area contributed by atoms with Gasteiger partial charge in [-0.2, -0.15) is 0 Å². The van der Waals surface area contributed by atoms with Gasteiger partial charge < -0.3 is 38.5 Å². The Balaban J connectivity index is 0.739. The molecule has 1 amide bonds. The molecule has 0 radical (unpaired) electrons. The minimum absolute atomic E-state index is 0.0000223. The normalized spacial score (nSPS) is 14.4. The lowest BCUT2D eigenvalue weighted by Crippen LogP contribution is -2.34. The maximum absolute atomic E-state index is 13.6. The smallest absolute Gasteiger partial charge is 0.262 e. The van der Waals surface area contributed by atoms with Crippen molar-refractivity contribution in [3.8, 4) is 5.75 Å². The molecule has 0 fully saturated rings. The lowest BCUT2D eigenvalue weighted by atomic mass is 9.86. The SMILES string of the molecule is CCN(CC)c1ccc2c(c1)OC1=C[C@@H](N(CC)CC)C=CC1=C2c1ccc(S(=O)(=O)CCCOCCOCCOCCOCCC(=O)CCCCCNC(=O)Cc2c(C)n(C(=O)c3ccc(Cl)cc3)c3ccc(C)cc23)cc1S(=O)O. The van der Waals surface area contributed by atoms with Crippen molar-refractivity contribution in [2.75, 3.05) is 96.2 Å². The lowest BCUT2D eigenvalue weighted by molar-refractivity contribution is -0.121. The third kappa shape index (κ3) is 16.7. The largest absolute Gasteiger partial charge is 0.456 e. The summed E-state index contributed by atoms with van der Waals surface area (Å²) in [5, 5.41) is 4.43. The highest BCUT2D eigenvalue weighted by Gasteiger charge is 2.32. The molecule has 2 N–H and O–H groups in total. The van der Waals surface area contributed by atoms with Crippen LogP contribution in [0.3, 0.4) is 0 Å². The molecule has 1 unspecified atom stereocenters. The van der Waals surface area contributed by atoms with Crippen LogP contribution in [0.5, 0.6) is 5.75 Å². The zero-order valence-corrected chi connectivity index (χ0v) is 50.5. The summed E-state index contributed by atoms with van der Waals surface area (Å²) in [6.07, 6.45) is 9.54. The van der Waals surface area contributed by atoms with E-state index in [1.165, 1.54) is 12.1 Å². The first-order valence-corrected chi connectivity index (χ1v) is 31.7. The third-order valence-corrected chi connectivity index (χ3v) is 17.6. The molecule has 0 saturated carbocycles. The van der Waals surface area contributed by atoms with Gasteiger partial charge in [-0.1, -0.05) is 61.7 Å². The number of ether oxygens (including phenoxy) is 5. The third-order valence-electron chi connectivity index (χ3n) is 14.8. The summed E-state index contributed by atoms with van der Waals surface area (Å²) in [5.41, 5.74) is 7.47. The van der Waals surface area contributed by atoms with Crippen molar-refractivity contribution >= 4 is 72.3 Å². The number of halogens is 1. The van der Waals surface area contributed by atoms with E-state index in [2.05, 4.69) is 55.0 Å². The van der Waals surface area contributed by atoms with E-state index in [1.807, 2.05) is 56.3 Å². The topological polar surface area (TPSA) is 192 Å². The quantitative estimate of drug-likeness (QED) is 0.0292. The Labute approximate surface area is 491 Å². The number of hydrogen-bond acceptors (Lipinski definition) is 13. The first-order chi connectivity index (χ1) is 39.6. The Hall–Kier alpha value is -5.80. The minimum atomic E-state index is -3.84. The van der Waals surface area contributed by atoms with E-state index in [4.69, 9.17) is 35.3 Å². The summed E-state index contributed by atoms with van der Waals surface area (Å²) in [6.45, 7) is 18.5. The monoisotopic (exact) mass is 1180 g/mol. The number of anilines is 1. The van der Waals surface area contributed by atoms with Crippen LogP contribution in [0.4, 0.5) is 5.69 Å². The molecular weight excluding hydrogens is 1100 g/mol. The average molecular weight is 1180 g/mol. The van der Waals surface area contributed by atoms with Crippen molar-refractivity contribution in [2.24, 2.45) is 0 Å². The van der Waals surface area contributed by atoms with Gasteiger partial charge in [0.25, 0.3) is 5.91 Å². The van der Waals surface area contributed by atoms with Crippen molar-refractivity contribution in [3.05, 3.63) is 147 Å². The van der Waals surface area contributed by atoms with Gasteiger partial charge in [-0.3, -0.25) is 23.9 Å². The van der Waals surface area contributed by atoms with Crippen molar-refractivity contribution in [1.29, 1.82) is 0 Å². The van der Waals surface area contributed by atoms with Crippen molar-refractivity contribution < 1.29 is 55.2 Å². The molecule has 4 aromatic carbocycles. The van der Waals surface area contributed by atoms with Crippen LogP contribution >= 0.6 is 11.6 Å². The number of amides is 1. The van der Waals surface area contributed by atoms with E-state index in [0.29, 0.717) is 92.3 Å². The highest BCUT2D eigenvalue weighted by atomic mass is 35.5. The molecule has 0 saturated heterocycles. The van der Waals surface area contributed by atoms with Crippen molar-refractivity contribution in [3.63, 3.8) is 0 Å². The number of aromatic nitrogens is 1. The molecular formula is C63H79ClN4O12S2. The molecule has 1 aromatic heterocycles. The average Bonchev–Trinajstić information content (AvgIpc) is 2.00. The molecule has 5 aromatic rings. The van der Waals surface area contributed by atoms with Crippen LogP contribution in [-0.4, -0.2) is 142 Å². The first kappa shape index (κ1) is 63.8. The summed E-state index contributed by atoms with van der Waals surface area (Å²) >= 11 is 3.54. The maximum atomic E-state index is 13.6. The summed E-state index contributed by atoms with van der Waals surface area (Å²) in [5.74, 6) is 0.862. The predicted molar refractivity (Wildman–Crippen MR) is 323 cm³/mol. The Morgan fingerprint density at radius 3 is 2.10 bits per heavy atom. The number of sulfone groups is 1. The maximum Gasteiger partial charge on any atom is 0.262 e. The number of benzene rings is 4. The Morgan fingerprint density at radius 2 is 1.43 bits per heavy atom. The number of nitrogens with zero attached hydrogens (tertiary/aromatic N) is 3. The number of Topliss-reactive ketones (excluding diaryl/α,β-unsaturated/α-hetero) is 1. The second kappa shape index (κ2) is 31.2. The first-order valence-electron chi connectivity index (χ1n) is 28.5. The number of ketones is 1. The molecule has 0 bridgehead atoms. The van der Waals surface area contributed by atoms with Crippen molar-refractivity contribution in [1.82, 2.24) is 14.8 Å². The number of allylic oxidation sites excluding steroid dienone is 1. The van der Waals surface area contributed by atoms with E-state index in [0.717, 1.165) is 90.0 Å². The van der Waals surface area contributed by atoms with Gasteiger partial charge in [0.15, 0.2) is 20.9 Å². The van der Waals surface area contributed by atoms with E-state index in [9.17, 15) is 31.6 Å². The Kier molecular flexibility index (Phi) is 24.3. The molecule has 2 heterocycles. The highest BCUT2D eigenvalue weighted by Crippen LogP contribution is 2.46. The van der Waals surface area contributed by atoms with Gasteiger partial charge in [0.2, 0.25) is 5.91 Å². The summed E-state index contributed by atoms with van der Waals surface area (Å²) < 4.78 is 81.6. The molecule has 82 heavy (non-hydrogen) atoms. The number of likely N-dealkylation sites (N-methyl/N-ethyl adjacent to an activating group) is 1. The predicted octanol–water partition coefficient (Wildman–Crippen LogP) is 10.5. The van der Waals surface area contributed by atoms with Crippen LogP contribution in [0.15, 0.2) is 118 Å². The summed E-state index contributed by atoms with van der Waals surface area (Å²) in [4.78, 5) is 43.6. The van der Waals surface area contributed by atoms with Crippen molar-refractivity contribution in [2.45, 2.75) is 102 Å². The second-order valence-corrected chi connectivity index (χ2v) is 23.7. The molecule has 1 aliphatic carbocycles. The standard InChI is InChI=1S/C63H79ClN4O12S2/c1-7-66(8-2)48-21-24-52-58(40-48)80-59-41-49(67(9-3)10-4)22-25-53(59)62(52)54-26-23-51(42-60(54)81(72)73)82(74,75)38-14-30-76-32-34-78-36-37-79-35-33-77-31-28-50(69)15-12-11-13-29-65-61(70)43-55-45(6)68(57-27-16-44(5)39-56(55)57)63(71)46-17-19-47(64)20-18-46/h16-27,39-42,48H,7-15,28-38,43H2,1-6H3,(H,65,70)(H,72,73)/t48-/m0/s1. The molecule has 19 heteroatoms. The number of rotatable bonds is 34. The van der Waals surface area contributed by atoms with E-state index < -0.39 is 20.9 Å². The fourth-order valence-electron chi connectivity index (χ4n) is 10.4. The van der Waals surface area contributed by atoms with Gasteiger partial charge >= 0.3 is 0 Å². The van der Waals surface area contributed by atoms with Crippen LogP contribution in [0.25, 0.3) is 16.5 Å². The van der Waals surface area contributed by atoms with Crippen LogP contribution in [0.2, 0.25) is 5.02 Å². The van der Waals surface area contributed by atoms with E-state index in [1.54, 1.807) is 34.9 Å². The van der Waals surface area contributed by atoms with E-state index in [-0.39, 0.29) is 65.2 Å². The summed E-state index contributed by atoms with van der Waals surface area (Å²) in [7, 11) is -3.84. The number of aryl methyl sites for hydroxylation is 1. The van der Waals surface area contributed by atoms with Gasteiger partial charge in [-0.15, -0.1) is 0 Å². The van der Waals surface area contributed by atoms with Gasteiger partial charge in [-0.05, 0) is 132 Å². The zero-order valence-electron chi connectivity index (χ0n) is 48.1. The van der Waals surface area contributed by atoms with E-state index >= 15 is 0 Å². The number of hydrogen-bond donors (Lipinski definition) is 2. The molecule has 7 rings (SSSR count). The van der Waals surface area contributed by atoms with Crippen LogP contribution in [-0.2, 0) is 55.9 Å². The number of carbonyl (C=O) groups excluding carboxylic acids is 3. The fraction of sp³-hybridized carbons (Fsp3) is 0.444. The lowest BCUT2D eigenvalue weighted by Gasteiger charge is -2.33. The number of fused-ring (bicyclic) bond motifs is 3. The molecule has 0 spiro atoms. The minimum Gasteiger partial charge on any atom is -0.456 e. The van der Waals surface area contributed by atoms with Crippen LogP contribution in [0.1, 0.15) is 105 Å². The van der Waals surface area contributed by atoms with Gasteiger partial charge in [0.1, 0.15) is 17.3 Å². The number of nitrogens with one attached hydrogen (secondary N) is 1. The fourth-order valence-corrected chi connectivity index (χ4v) is 12.4. The molecule has 16 nitrogen and oxygen atoms in total. The highest BCUT2D eigenvalue weighted by molar-refractivity contribution is 7.91. The molecule has 1 aliphatic heterocycles. The molecule has 2 aliphatic rings. The van der Waals surface area contributed by atoms with Gasteiger partial charge in [0.05, 0.1) is 79.8 Å². The van der Waals surface area contributed by atoms with Crippen LogP contribution in [0, 0.1) is 13.8 Å². The summed E-state index contributed by atoms with van der Waals surface area (Å²) in [6, 6.07) is 23.1. The second-order valence-electron chi connectivity index (χ2n) is 20.2. The Morgan fingerprint density at radius 1 is 0.756 bits per heavy atom. The van der Waals surface area contributed by atoms with Crippen LogP contribution < -0.4 is 15.0 Å². The number of carbonyl (C=O) groups is 3. The zero-order chi connectivity index (χ0) is 58.8.